The Morgan fingerprint density at radius 3 is 2.29 bits per heavy atom. The molecular formula is C23H17BrClNO2. The van der Waals surface area contributed by atoms with E-state index in [1.54, 1.807) is 24.3 Å². The molecule has 28 heavy (non-hydrogen) atoms. The van der Waals surface area contributed by atoms with Gasteiger partial charge in [-0.05, 0) is 59.9 Å². The summed E-state index contributed by atoms with van der Waals surface area (Å²) in [6.45, 7) is 0. The van der Waals surface area contributed by atoms with Gasteiger partial charge in [-0.1, -0.05) is 75.2 Å². The summed E-state index contributed by atoms with van der Waals surface area (Å²) in [5, 5.41) is 5.00. The van der Waals surface area contributed by atoms with E-state index in [4.69, 9.17) is 16.4 Å². The van der Waals surface area contributed by atoms with Crippen molar-refractivity contribution in [1.82, 2.24) is 0 Å². The summed E-state index contributed by atoms with van der Waals surface area (Å²) in [7, 11) is 0. The third kappa shape index (κ3) is 4.34. The number of nitrogens with zero attached hydrogens (tertiary/aromatic N) is 1. The van der Waals surface area contributed by atoms with Gasteiger partial charge in [0.25, 0.3) is 0 Å². The van der Waals surface area contributed by atoms with Crippen molar-refractivity contribution in [3.63, 3.8) is 0 Å². The number of carbonyl (C=O) groups is 1. The first kappa shape index (κ1) is 18.9. The Labute approximate surface area is 177 Å². The second kappa shape index (κ2) is 8.29. The highest BCUT2D eigenvalue weighted by Gasteiger charge is 2.43. The Hall–Kier alpha value is -2.43. The minimum Gasteiger partial charge on any atom is -0.313 e. The molecule has 0 spiro atoms. The topological polar surface area (TPSA) is 38.7 Å². The molecule has 0 amide bonds. The molecule has 0 radical (unpaired) electrons. The van der Waals surface area contributed by atoms with Crippen molar-refractivity contribution in [3.05, 3.63) is 105 Å². The van der Waals surface area contributed by atoms with Crippen molar-refractivity contribution in [2.24, 2.45) is 11.1 Å². The second-order valence-electron chi connectivity index (χ2n) is 6.73. The third-order valence-electron chi connectivity index (χ3n) is 4.82. The summed E-state index contributed by atoms with van der Waals surface area (Å²) in [5.41, 5.74) is 3.43. The van der Waals surface area contributed by atoms with Crippen LogP contribution in [0.1, 0.15) is 33.8 Å². The van der Waals surface area contributed by atoms with Gasteiger partial charge in [-0.15, -0.1) is 0 Å². The average Bonchev–Trinajstić information content (AvgIpc) is 3.51. The number of carbonyl (C=O) groups excluding carboxylic acids is 1. The first-order valence-corrected chi connectivity index (χ1v) is 10.1. The molecule has 3 nitrogen and oxygen atoms in total. The van der Waals surface area contributed by atoms with Gasteiger partial charge in [0, 0.05) is 15.4 Å². The molecule has 3 aromatic carbocycles. The largest absolute Gasteiger partial charge is 0.365 e. The van der Waals surface area contributed by atoms with Gasteiger partial charge in [-0.25, -0.2) is 4.79 Å². The SMILES string of the molecule is O=C(O/N=C(/c1ccc(Br)cc1)[C@@H]1C[C@@H]1c1ccc(Cl)cc1)c1ccccc1. The van der Waals surface area contributed by atoms with Crippen LogP contribution in [0.3, 0.4) is 0 Å². The molecule has 0 saturated heterocycles. The lowest BCUT2D eigenvalue weighted by Gasteiger charge is -2.07. The fourth-order valence-electron chi connectivity index (χ4n) is 3.25. The molecule has 3 aromatic rings. The number of hydrogen-bond acceptors (Lipinski definition) is 3. The molecule has 0 aliphatic heterocycles. The van der Waals surface area contributed by atoms with E-state index in [1.165, 1.54) is 5.56 Å². The lowest BCUT2D eigenvalue weighted by molar-refractivity contribution is 0.0515. The number of halogens is 2. The first-order chi connectivity index (χ1) is 13.6. The smallest absolute Gasteiger partial charge is 0.313 e. The molecule has 2 atom stereocenters. The van der Waals surface area contributed by atoms with Crippen molar-refractivity contribution in [3.8, 4) is 0 Å². The van der Waals surface area contributed by atoms with Crippen LogP contribution in [-0.2, 0) is 4.84 Å². The lowest BCUT2D eigenvalue weighted by atomic mass is 10.0. The average molecular weight is 455 g/mol. The fraction of sp³-hybridized carbons (Fsp3) is 0.130. The van der Waals surface area contributed by atoms with E-state index < -0.39 is 5.97 Å². The molecule has 1 fully saturated rings. The molecular weight excluding hydrogens is 438 g/mol. The lowest BCUT2D eigenvalue weighted by Crippen LogP contribution is -2.09. The minimum atomic E-state index is -0.459. The highest BCUT2D eigenvalue weighted by Crippen LogP contribution is 2.49. The van der Waals surface area contributed by atoms with Gasteiger partial charge in [-0.2, -0.15) is 0 Å². The van der Waals surface area contributed by atoms with Crippen LogP contribution in [0.4, 0.5) is 0 Å². The van der Waals surface area contributed by atoms with Crippen LogP contribution in [-0.4, -0.2) is 11.7 Å². The maximum atomic E-state index is 12.3. The van der Waals surface area contributed by atoms with Crippen molar-refractivity contribution in [1.29, 1.82) is 0 Å². The van der Waals surface area contributed by atoms with Gasteiger partial charge in [0.2, 0.25) is 0 Å². The standard InChI is InChI=1S/C23H17BrClNO2/c24-18-10-6-16(7-11-18)22(26-28-23(27)17-4-2-1-3-5-17)21-14-20(21)15-8-12-19(25)13-9-15/h1-13,20-21H,14H2/b26-22-/t20-,21-/m1/s1. The van der Waals surface area contributed by atoms with E-state index >= 15 is 0 Å². The number of hydrogen-bond donors (Lipinski definition) is 0. The van der Waals surface area contributed by atoms with Gasteiger partial charge in [0.15, 0.2) is 0 Å². The molecule has 0 N–H and O–H groups in total. The van der Waals surface area contributed by atoms with Gasteiger partial charge in [-0.3, -0.25) is 0 Å². The first-order valence-electron chi connectivity index (χ1n) is 8.97. The van der Waals surface area contributed by atoms with Crippen molar-refractivity contribution < 1.29 is 9.63 Å². The highest BCUT2D eigenvalue weighted by atomic mass is 79.9. The predicted molar refractivity (Wildman–Crippen MR) is 115 cm³/mol. The van der Waals surface area contributed by atoms with Crippen LogP contribution < -0.4 is 0 Å². The highest BCUT2D eigenvalue weighted by molar-refractivity contribution is 9.10. The Kier molecular flexibility index (Phi) is 5.60. The van der Waals surface area contributed by atoms with Crippen LogP contribution in [0.5, 0.6) is 0 Å². The Morgan fingerprint density at radius 1 is 0.929 bits per heavy atom. The summed E-state index contributed by atoms with van der Waals surface area (Å²) < 4.78 is 0.988. The maximum absolute atomic E-state index is 12.3. The monoisotopic (exact) mass is 453 g/mol. The van der Waals surface area contributed by atoms with E-state index in [0.717, 1.165) is 27.2 Å². The molecule has 0 bridgehead atoms. The summed E-state index contributed by atoms with van der Waals surface area (Å²) in [6.07, 6.45) is 0.958. The van der Waals surface area contributed by atoms with Crippen LogP contribution in [0, 0.1) is 5.92 Å². The number of oxime groups is 1. The van der Waals surface area contributed by atoms with E-state index in [2.05, 4.69) is 21.1 Å². The van der Waals surface area contributed by atoms with Crippen molar-refractivity contribution in [2.75, 3.05) is 0 Å². The van der Waals surface area contributed by atoms with Gasteiger partial charge in [0.1, 0.15) is 0 Å². The zero-order valence-corrected chi connectivity index (χ0v) is 17.2. The summed E-state index contributed by atoms with van der Waals surface area (Å²) in [4.78, 5) is 17.6. The van der Waals surface area contributed by atoms with Crippen molar-refractivity contribution in [2.45, 2.75) is 12.3 Å². The molecule has 1 saturated carbocycles. The van der Waals surface area contributed by atoms with Gasteiger partial charge in [0.05, 0.1) is 11.3 Å². The second-order valence-corrected chi connectivity index (χ2v) is 8.08. The van der Waals surface area contributed by atoms with E-state index in [0.29, 0.717) is 11.5 Å². The molecule has 1 aliphatic carbocycles. The summed E-state index contributed by atoms with van der Waals surface area (Å²) in [5.74, 6) is 0.0833. The molecule has 0 unspecified atom stereocenters. The molecule has 140 valence electrons. The van der Waals surface area contributed by atoms with Crippen molar-refractivity contribution >= 4 is 39.2 Å². The zero-order chi connectivity index (χ0) is 19.5. The van der Waals surface area contributed by atoms with Crippen LogP contribution in [0.25, 0.3) is 0 Å². The van der Waals surface area contributed by atoms with Crippen LogP contribution in [0.15, 0.2) is 88.5 Å². The normalized spacial score (nSPS) is 18.6. The van der Waals surface area contributed by atoms with Gasteiger partial charge < -0.3 is 4.84 Å². The minimum absolute atomic E-state index is 0.200. The quantitative estimate of drug-likeness (QED) is 0.252. The molecule has 5 heteroatoms. The number of benzene rings is 3. The van der Waals surface area contributed by atoms with Crippen LogP contribution >= 0.6 is 27.5 Å². The number of rotatable bonds is 5. The molecule has 0 aromatic heterocycles. The van der Waals surface area contributed by atoms with Gasteiger partial charge >= 0.3 is 5.97 Å². The molecule has 4 rings (SSSR count). The predicted octanol–water partition coefficient (Wildman–Crippen LogP) is 6.47. The summed E-state index contributed by atoms with van der Waals surface area (Å²) >= 11 is 9.46. The van der Waals surface area contributed by atoms with Crippen LogP contribution in [0.2, 0.25) is 5.02 Å². The molecule has 1 aliphatic rings. The Morgan fingerprint density at radius 2 is 1.61 bits per heavy atom. The van der Waals surface area contributed by atoms with E-state index in [-0.39, 0.29) is 5.92 Å². The van der Waals surface area contributed by atoms with E-state index in [9.17, 15) is 4.79 Å². The fourth-order valence-corrected chi connectivity index (χ4v) is 3.64. The molecule has 0 heterocycles. The Balaban J connectivity index is 1.59. The summed E-state index contributed by atoms with van der Waals surface area (Å²) in [6, 6.07) is 24.7. The zero-order valence-electron chi connectivity index (χ0n) is 14.9. The Bertz CT molecular complexity index is 1000. The third-order valence-corrected chi connectivity index (χ3v) is 5.60. The maximum Gasteiger partial charge on any atom is 0.365 e. The van der Waals surface area contributed by atoms with E-state index in [1.807, 2.05) is 54.6 Å².